The average Bonchev–Trinajstić information content (AvgIpc) is 2.65. The predicted octanol–water partition coefficient (Wildman–Crippen LogP) is 2.16. The molecule has 1 heterocycles. The van der Waals surface area contributed by atoms with Crippen LogP contribution < -0.4 is 0 Å². The molecule has 0 bridgehead atoms. The summed E-state index contributed by atoms with van der Waals surface area (Å²) in [7, 11) is 0. The van der Waals surface area contributed by atoms with E-state index < -0.39 is 48.1 Å². The molecule has 5 unspecified atom stereocenters. The summed E-state index contributed by atoms with van der Waals surface area (Å²) in [5.41, 5.74) is 16.5. The first-order valence-corrected chi connectivity index (χ1v) is 7.37. The van der Waals surface area contributed by atoms with Gasteiger partial charge in [-0.25, -0.2) is 9.18 Å². The van der Waals surface area contributed by atoms with Gasteiger partial charge in [0, 0.05) is 22.0 Å². The molecule has 0 spiro atoms. The summed E-state index contributed by atoms with van der Waals surface area (Å²) in [4.78, 5) is 27.1. The number of hydrogen-bond donors (Lipinski definition) is 1. The summed E-state index contributed by atoms with van der Waals surface area (Å²) in [5.74, 6) is -1.04. The number of nitro groups is 1. The van der Waals surface area contributed by atoms with Gasteiger partial charge in [0.2, 0.25) is 0 Å². The molecule has 1 aliphatic rings. The zero-order valence-corrected chi connectivity index (χ0v) is 13.4. The van der Waals surface area contributed by atoms with Crippen molar-refractivity contribution >= 4 is 11.7 Å². The quantitative estimate of drug-likeness (QED) is 0.195. The number of ether oxygens (including phenoxy) is 2. The molecule has 0 radical (unpaired) electrons. The standard InChI is InChI=1S/C13H12FN7O6/c14-9-10(18-20-16)13(23)26-8(5-17-19-15)11(9)27-12(22)6-1-3-7(4-2-6)21(24)25/h1-4,8-11,13,23H,5H2. The predicted molar refractivity (Wildman–Crippen MR) is 85.0 cm³/mol. The highest BCUT2D eigenvalue weighted by Crippen LogP contribution is 2.28. The van der Waals surface area contributed by atoms with Gasteiger partial charge in [0.15, 0.2) is 18.6 Å². The smallest absolute Gasteiger partial charge is 0.338 e. The maximum Gasteiger partial charge on any atom is 0.338 e. The van der Waals surface area contributed by atoms with Crippen molar-refractivity contribution in [3.05, 3.63) is 60.8 Å². The van der Waals surface area contributed by atoms with Crippen LogP contribution in [0.3, 0.4) is 0 Å². The van der Waals surface area contributed by atoms with Gasteiger partial charge in [0.05, 0.1) is 17.0 Å². The Hall–Kier alpha value is -3.44. The number of aliphatic hydroxyl groups excluding tert-OH is 1. The molecule has 0 amide bonds. The Balaban J connectivity index is 2.23. The van der Waals surface area contributed by atoms with Gasteiger partial charge < -0.3 is 14.6 Å². The van der Waals surface area contributed by atoms with Gasteiger partial charge in [-0.15, -0.1) is 0 Å². The molecule has 0 aliphatic carbocycles. The number of esters is 1. The van der Waals surface area contributed by atoms with Gasteiger partial charge in [-0.05, 0) is 23.2 Å². The van der Waals surface area contributed by atoms with Crippen LogP contribution in [0.1, 0.15) is 10.4 Å². The number of carbonyl (C=O) groups excluding carboxylic acids is 1. The second kappa shape index (κ2) is 8.78. The minimum Gasteiger partial charge on any atom is -0.453 e. The third-order valence-corrected chi connectivity index (χ3v) is 3.68. The molecule has 0 saturated carbocycles. The third-order valence-electron chi connectivity index (χ3n) is 3.68. The van der Waals surface area contributed by atoms with E-state index in [4.69, 9.17) is 20.5 Å². The molecule has 13 nitrogen and oxygen atoms in total. The van der Waals surface area contributed by atoms with Crippen LogP contribution in [-0.2, 0) is 9.47 Å². The largest absolute Gasteiger partial charge is 0.453 e. The molecule has 1 aromatic carbocycles. The summed E-state index contributed by atoms with van der Waals surface area (Å²) in [6.45, 7) is -0.463. The van der Waals surface area contributed by atoms with E-state index in [9.17, 15) is 24.4 Å². The van der Waals surface area contributed by atoms with Crippen LogP contribution in [0.15, 0.2) is 34.5 Å². The molecule has 0 aromatic heterocycles. The SMILES string of the molecule is [N-]=[N+]=NCC1OC(O)C(N=[N+]=[N-])C(F)C1OC(=O)c1ccc([N+](=O)[O-])cc1. The Bertz CT molecular complexity index is 806. The van der Waals surface area contributed by atoms with Crippen LogP contribution in [0.25, 0.3) is 20.9 Å². The number of azide groups is 2. The van der Waals surface area contributed by atoms with E-state index in [1.165, 1.54) is 0 Å². The van der Waals surface area contributed by atoms with E-state index in [1.54, 1.807) is 0 Å². The number of nitro benzene ring substituents is 1. The molecule has 5 atom stereocenters. The van der Waals surface area contributed by atoms with Crippen LogP contribution in [0.2, 0.25) is 0 Å². The van der Waals surface area contributed by atoms with Crippen LogP contribution in [-0.4, -0.2) is 53.3 Å². The van der Waals surface area contributed by atoms with Crippen molar-refractivity contribution in [3.8, 4) is 0 Å². The highest BCUT2D eigenvalue weighted by molar-refractivity contribution is 5.89. The van der Waals surface area contributed by atoms with Crippen LogP contribution in [0, 0.1) is 10.1 Å². The van der Waals surface area contributed by atoms with Crippen LogP contribution in [0.4, 0.5) is 10.1 Å². The second-order valence-corrected chi connectivity index (χ2v) is 5.29. The molecule has 1 N–H and O–H groups in total. The first-order valence-electron chi connectivity index (χ1n) is 7.37. The Morgan fingerprint density at radius 3 is 2.59 bits per heavy atom. The lowest BCUT2D eigenvalue weighted by Gasteiger charge is -2.39. The zero-order valence-electron chi connectivity index (χ0n) is 13.4. The molecule has 1 aliphatic heterocycles. The molecular formula is C13H12FN7O6. The third kappa shape index (κ3) is 4.59. The first kappa shape index (κ1) is 19.9. The number of hydrogen-bond acceptors (Lipinski definition) is 8. The summed E-state index contributed by atoms with van der Waals surface area (Å²) >= 11 is 0. The molecule has 142 valence electrons. The van der Waals surface area contributed by atoms with Gasteiger partial charge in [0.25, 0.3) is 5.69 Å². The van der Waals surface area contributed by atoms with Gasteiger partial charge in [0.1, 0.15) is 12.1 Å². The Labute approximate surface area is 149 Å². The molecule has 14 heteroatoms. The van der Waals surface area contributed by atoms with Crippen molar-refractivity contribution in [1.29, 1.82) is 0 Å². The minimum absolute atomic E-state index is 0.109. The number of carbonyl (C=O) groups is 1. The van der Waals surface area contributed by atoms with E-state index >= 15 is 0 Å². The van der Waals surface area contributed by atoms with E-state index in [2.05, 4.69) is 20.1 Å². The van der Waals surface area contributed by atoms with Gasteiger partial charge in [-0.2, -0.15) is 0 Å². The topological polar surface area (TPSA) is 196 Å². The molecule has 2 rings (SSSR count). The monoisotopic (exact) mass is 381 g/mol. The van der Waals surface area contributed by atoms with Crippen molar-refractivity contribution in [1.82, 2.24) is 0 Å². The Morgan fingerprint density at radius 2 is 2.04 bits per heavy atom. The first-order chi connectivity index (χ1) is 12.9. The van der Waals surface area contributed by atoms with Crippen molar-refractivity contribution in [2.24, 2.45) is 10.2 Å². The van der Waals surface area contributed by atoms with Gasteiger partial charge >= 0.3 is 5.97 Å². The fraction of sp³-hybridized carbons (Fsp3) is 0.462. The summed E-state index contributed by atoms with van der Waals surface area (Å²) in [6.07, 6.45) is -6.97. The maximum absolute atomic E-state index is 14.7. The van der Waals surface area contributed by atoms with E-state index in [0.717, 1.165) is 24.3 Å². The number of non-ortho nitro benzene ring substituents is 1. The number of aliphatic hydroxyl groups is 1. The van der Waals surface area contributed by atoms with Crippen LogP contribution in [0.5, 0.6) is 0 Å². The van der Waals surface area contributed by atoms with Crippen molar-refractivity contribution in [2.45, 2.75) is 30.7 Å². The van der Waals surface area contributed by atoms with E-state index in [-0.39, 0.29) is 11.3 Å². The van der Waals surface area contributed by atoms with E-state index in [1.807, 2.05) is 0 Å². The van der Waals surface area contributed by atoms with Crippen molar-refractivity contribution < 1.29 is 28.7 Å². The highest BCUT2D eigenvalue weighted by Gasteiger charge is 2.47. The summed E-state index contributed by atoms with van der Waals surface area (Å²) < 4.78 is 24.7. The maximum atomic E-state index is 14.7. The highest BCUT2D eigenvalue weighted by atomic mass is 19.1. The Kier molecular flexibility index (Phi) is 6.46. The average molecular weight is 381 g/mol. The lowest BCUT2D eigenvalue weighted by atomic mass is 9.98. The summed E-state index contributed by atoms with van der Waals surface area (Å²) in [5, 5.41) is 26.6. The zero-order chi connectivity index (χ0) is 20.0. The van der Waals surface area contributed by atoms with Crippen LogP contribution >= 0.6 is 0 Å². The lowest BCUT2D eigenvalue weighted by Crippen LogP contribution is -2.57. The van der Waals surface area contributed by atoms with E-state index in [0.29, 0.717) is 0 Å². The van der Waals surface area contributed by atoms with Crippen molar-refractivity contribution in [2.75, 3.05) is 6.54 Å². The molecule has 27 heavy (non-hydrogen) atoms. The number of alkyl halides is 1. The van der Waals surface area contributed by atoms with Gasteiger partial charge in [-0.1, -0.05) is 10.2 Å². The number of nitrogens with zero attached hydrogens (tertiary/aromatic N) is 7. The molecule has 1 saturated heterocycles. The normalized spacial score (nSPS) is 27.0. The summed E-state index contributed by atoms with van der Waals surface area (Å²) in [6, 6.07) is 2.65. The lowest BCUT2D eigenvalue weighted by molar-refractivity contribution is -0.384. The Morgan fingerprint density at radius 1 is 1.37 bits per heavy atom. The molecule has 1 aromatic rings. The fourth-order valence-corrected chi connectivity index (χ4v) is 2.39. The molecular weight excluding hydrogens is 369 g/mol. The second-order valence-electron chi connectivity index (χ2n) is 5.29. The van der Waals surface area contributed by atoms with Crippen molar-refractivity contribution in [3.63, 3.8) is 0 Å². The number of benzene rings is 1. The molecule has 1 fully saturated rings. The number of rotatable bonds is 6. The minimum atomic E-state index is -2.15. The number of halogens is 1. The fourth-order valence-electron chi connectivity index (χ4n) is 2.39. The van der Waals surface area contributed by atoms with Gasteiger partial charge in [-0.3, -0.25) is 10.1 Å².